The Morgan fingerprint density at radius 2 is 1.60 bits per heavy atom. The summed E-state index contributed by atoms with van der Waals surface area (Å²) in [4.78, 5) is 18.0. The summed E-state index contributed by atoms with van der Waals surface area (Å²) in [5.74, 6) is 1.60. The Kier molecular flexibility index (Phi) is 6.98. The highest BCUT2D eigenvalue weighted by Gasteiger charge is 2.17. The van der Waals surface area contributed by atoms with Crippen LogP contribution in [0.3, 0.4) is 0 Å². The maximum absolute atomic E-state index is 13.4. The number of ether oxygens (including phenoxy) is 2. The van der Waals surface area contributed by atoms with Crippen molar-refractivity contribution in [1.29, 1.82) is 0 Å². The molecule has 4 aromatic carbocycles. The summed E-state index contributed by atoms with van der Waals surface area (Å²) in [6.07, 6.45) is 1.79. The number of benzene rings is 4. The van der Waals surface area contributed by atoms with Gasteiger partial charge < -0.3 is 33.6 Å². The van der Waals surface area contributed by atoms with Crippen molar-refractivity contribution in [3.63, 3.8) is 0 Å². The number of hydrogen-bond acceptors (Lipinski definition) is 9. The van der Waals surface area contributed by atoms with E-state index in [4.69, 9.17) is 18.3 Å². The number of aromatic nitrogens is 1. The number of phenols is 3. The molecule has 0 amide bonds. The highest BCUT2D eigenvalue weighted by Crippen LogP contribution is 2.35. The fraction of sp³-hybridized carbons (Fsp3) is 0.0909. The lowest BCUT2D eigenvalue weighted by Crippen LogP contribution is -2.06. The lowest BCUT2D eigenvalue weighted by molar-refractivity contribution is 0.319. The minimum atomic E-state index is -0.435. The Labute approximate surface area is 239 Å². The Bertz CT molecular complexity index is 1940. The monoisotopic (exact) mass is 563 g/mol. The van der Waals surface area contributed by atoms with Gasteiger partial charge in [0.1, 0.15) is 46.0 Å². The maximum atomic E-state index is 13.4. The van der Waals surface area contributed by atoms with E-state index < -0.39 is 5.43 Å². The van der Waals surface area contributed by atoms with E-state index in [9.17, 15) is 20.1 Å². The fourth-order valence-electron chi connectivity index (χ4n) is 4.53. The first-order valence-corrected chi connectivity index (χ1v) is 13.1. The second kappa shape index (κ2) is 11.1. The molecular formula is C33H25NO8. The van der Waals surface area contributed by atoms with Crippen LogP contribution in [0.5, 0.6) is 34.5 Å². The van der Waals surface area contributed by atoms with Gasteiger partial charge in [-0.05, 0) is 61.0 Å². The SMILES string of the molecule is Cc1oc(-c2ccccc2)nc1CCOc1ccc(Oc2cc(O)cc3occ(-c4ccc(O)c(O)c4)c(=O)c23)cc1. The molecule has 9 nitrogen and oxygen atoms in total. The molecule has 6 aromatic rings. The van der Waals surface area contributed by atoms with E-state index >= 15 is 0 Å². The molecule has 0 spiro atoms. The molecule has 210 valence electrons. The number of rotatable bonds is 8. The second-order valence-corrected chi connectivity index (χ2v) is 9.56. The number of aryl methyl sites for hydroxylation is 1. The normalized spacial score (nSPS) is 11.1. The minimum absolute atomic E-state index is 0.0907. The van der Waals surface area contributed by atoms with Crippen molar-refractivity contribution in [2.75, 3.05) is 6.61 Å². The molecule has 0 unspecified atom stereocenters. The van der Waals surface area contributed by atoms with Gasteiger partial charge in [-0.25, -0.2) is 4.98 Å². The Morgan fingerprint density at radius 1 is 0.833 bits per heavy atom. The maximum Gasteiger partial charge on any atom is 0.226 e. The molecule has 6 rings (SSSR count). The van der Waals surface area contributed by atoms with Crippen molar-refractivity contribution in [3.05, 3.63) is 113 Å². The number of aromatic hydroxyl groups is 3. The third kappa shape index (κ3) is 5.35. The van der Waals surface area contributed by atoms with Crippen LogP contribution in [0.25, 0.3) is 33.6 Å². The van der Waals surface area contributed by atoms with Crippen LogP contribution in [0.4, 0.5) is 0 Å². The molecule has 0 aliphatic heterocycles. The molecule has 0 aliphatic carbocycles. The van der Waals surface area contributed by atoms with Crippen molar-refractivity contribution < 1.29 is 33.6 Å². The zero-order valence-electron chi connectivity index (χ0n) is 22.4. The van der Waals surface area contributed by atoms with Crippen LogP contribution in [-0.2, 0) is 6.42 Å². The van der Waals surface area contributed by atoms with E-state index in [0.29, 0.717) is 36.0 Å². The fourth-order valence-corrected chi connectivity index (χ4v) is 4.53. The molecule has 0 bridgehead atoms. The molecule has 0 fully saturated rings. The van der Waals surface area contributed by atoms with E-state index in [2.05, 4.69) is 4.98 Å². The smallest absolute Gasteiger partial charge is 0.226 e. The van der Waals surface area contributed by atoms with Crippen molar-refractivity contribution >= 4 is 11.0 Å². The summed E-state index contributed by atoms with van der Waals surface area (Å²) >= 11 is 0. The molecule has 0 saturated carbocycles. The summed E-state index contributed by atoms with van der Waals surface area (Å²) in [6, 6.07) is 23.2. The predicted molar refractivity (Wildman–Crippen MR) is 155 cm³/mol. The first-order valence-electron chi connectivity index (χ1n) is 13.1. The summed E-state index contributed by atoms with van der Waals surface area (Å²) in [5.41, 5.74) is 1.92. The van der Waals surface area contributed by atoms with E-state index in [1.54, 1.807) is 24.3 Å². The van der Waals surface area contributed by atoms with Gasteiger partial charge in [-0.3, -0.25) is 4.79 Å². The third-order valence-corrected chi connectivity index (χ3v) is 6.69. The van der Waals surface area contributed by atoms with Gasteiger partial charge in [-0.15, -0.1) is 0 Å². The lowest BCUT2D eigenvalue weighted by Gasteiger charge is -2.11. The first-order chi connectivity index (χ1) is 20.4. The van der Waals surface area contributed by atoms with Gasteiger partial charge in [-0.2, -0.15) is 0 Å². The molecule has 9 heteroatoms. The zero-order chi connectivity index (χ0) is 29.2. The van der Waals surface area contributed by atoms with Gasteiger partial charge in [0.15, 0.2) is 11.5 Å². The summed E-state index contributed by atoms with van der Waals surface area (Å²) < 4.78 is 23.3. The molecule has 42 heavy (non-hydrogen) atoms. The van der Waals surface area contributed by atoms with Crippen LogP contribution in [0.15, 0.2) is 105 Å². The van der Waals surface area contributed by atoms with Crippen molar-refractivity contribution in [3.8, 4) is 57.1 Å². The number of phenolic OH excluding ortho intramolecular Hbond substituents is 3. The highest BCUT2D eigenvalue weighted by atomic mass is 16.5. The quantitative estimate of drug-likeness (QED) is 0.168. The average molecular weight is 564 g/mol. The van der Waals surface area contributed by atoms with Gasteiger partial charge in [0.25, 0.3) is 0 Å². The predicted octanol–water partition coefficient (Wildman–Crippen LogP) is 6.95. The molecule has 2 aromatic heterocycles. The molecule has 2 heterocycles. The van der Waals surface area contributed by atoms with Gasteiger partial charge in [0, 0.05) is 24.1 Å². The summed E-state index contributed by atoms with van der Waals surface area (Å²) in [5, 5.41) is 29.8. The van der Waals surface area contributed by atoms with Crippen LogP contribution in [0.2, 0.25) is 0 Å². The minimum Gasteiger partial charge on any atom is -0.508 e. The molecule has 3 N–H and O–H groups in total. The Morgan fingerprint density at radius 3 is 2.36 bits per heavy atom. The van der Waals surface area contributed by atoms with E-state index in [1.807, 2.05) is 37.3 Å². The molecule has 0 saturated heterocycles. The van der Waals surface area contributed by atoms with Crippen molar-refractivity contribution in [1.82, 2.24) is 4.98 Å². The summed E-state index contributed by atoms with van der Waals surface area (Å²) in [7, 11) is 0. The van der Waals surface area contributed by atoms with Crippen LogP contribution < -0.4 is 14.9 Å². The lowest BCUT2D eigenvalue weighted by atomic mass is 10.0. The van der Waals surface area contributed by atoms with Gasteiger partial charge >= 0.3 is 0 Å². The highest BCUT2D eigenvalue weighted by molar-refractivity contribution is 5.88. The average Bonchev–Trinajstić information content (AvgIpc) is 3.36. The Hall–Kier alpha value is -5.70. The third-order valence-electron chi connectivity index (χ3n) is 6.69. The number of fused-ring (bicyclic) bond motifs is 1. The van der Waals surface area contributed by atoms with Crippen LogP contribution in [-0.4, -0.2) is 26.9 Å². The molecule has 0 aliphatic rings. The number of hydrogen-bond donors (Lipinski definition) is 3. The van der Waals surface area contributed by atoms with Crippen molar-refractivity contribution in [2.45, 2.75) is 13.3 Å². The number of oxazole rings is 1. The van der Waals surface area contributed by atoms with Gasteiger partial charge in [0.2, 0.25) is 11.3 Å². The largest absolute Gasteiger partial charge is 0.508 e. The van der Waals surface area contributed by atoms with Crippen LogP contribution in [0, 0.1) is 6.92 Å². The molecule has 0 atom stereocenters. The van der Waals surface area contributed by atoms with Crippen LogP contribution in [0.1, 0.15) is 11.5 Å². The van der Waals surface area contributed by atoms with Gasteiger partial charge in [0.05, 0.1) is 17.9 Å². The van der Waals surface area contributed by atoms with E-state index in [0.717, 1.165) is 17.0 Å². The molecule has 0 radical (unpaired) electrons. The number of nitrogens with zero attached hydrogens (tertiary/aromatic N) is 1. The van der Waals surface area contributed by atoms with E-state index in [1.165, 1.54) is 36.6 Å². The zero-order valence-corrected chi connectivity index (χ0v) is 22.4. The Balaban J connectivity index is 1.18. The molecular weight excluding hydrogens is 538 g/mol. The van der Waals surface area contributed by atoms with Gasteiger partial charge in [-0.1, -0.05) is 24.3 Å². The van der Waals surface area contributed by atoms with Crippen molar-refractivity contribution in [2.24, 2.45) is 0 Å². The summed E-state index contributed by atoms with van der Waals surface area (Å²) in [6.45, 7) is 2.26. The second-order valence-electron chi connectivity index (χ2n) is 9.56. The van der Waals surface area contributed by atoms with Crippen LogP contribution >= 0.6 is 0 Å². The standard InChI is InChI=1S/C33H25NO8/c1-19-26(34-33(41-19)20-5-3-2-4-6-20)13-14-39-23-8-10-24(11-9-23)42-30-17-22(35)16-29-31(30)32(38)25(18-40-29)21-7-12-27(36)28(37)15-21/h2-12,15-18,35-37H,13-14H2,1H3. The topological polar surface area (TPSA) is 135 Å². The van der Waals surface area contributed by atoms with E-state index in [-0.39, 0.29) is 39.5 Å². The first kappa shape index (κ1) is 26.5.